The van der Waals surface area contributed by atoms with E-state index in [9.17, 15) is 9.59 Å². The smallest absolute Gasteiger partial charge is 0.245 e. The van der Waals surface area contributed by atoms with Gasteiger partial charge >= 0.3 is 0 Å². The lowest BCUT2D eigenvalue weighted by molar-refractivity contribution is -0.153. The van der Waals surface area contributed by atoms with Crippen molar-refractivity contribution in [1.82, 2.24) is 9.80 Å². The van der Waals surface area contributed by atoms with Gasteiger partial charge in [-0.25, -0.2) is 0 Å². The first-order valence-electron chi connectivity index (χ1n) is 7.46. The summed E-state index contributed by atoms with van der Waals surface area (Å²) in [6.07, 6.45) is 1.70. The molecule has 2 amide bonds. The summed E-state index contributed by atoms with van der Waals surface area (Å²) < 4.78 is 0. The first kappa shape index (κ1) is 14.1. The van der Waals surface area contributed by atoms with E-state index < -0.39 is 0 Å². The van der Waals surface area contributed by atoms with E-state index in [-0.39, 0.29) is 30.4 Å². The normalized spacial score (nSPS) is 23.4. The summed E-state index contributed by atoms with van der Waals surface area (Å²) in [6, 6.07) is 7.48. The molecular weight excluding hydrogens is 266 g/mol. The number of hydrogen-bond acceptors (Lipinski definition) is 3. The Morgan fingerprint density at radius 3 is 2.71 bits per heavy atom. The van der Waals surface area contributed by atoms with Crippen LogP contribution < -0.4 is 5.73 Å². The van der Waals surface area contributed by atoms with Gasteiger partial charge in [-0.05, 0) is 25.3 Å². The van der Waals surface area contributed by atoms with Crippen molar-refractivity contribution >= 4 is 11.8 Å². The zero-order chi connectivity index (χ0) is 15.0. The van der Waals surface area contributed by atoms with Crippen molar-refractivity contribution in [2.45, 2.75) is 31.8 Å². The molecule has 21 heavy (non-hydrogen) atoms. The zero-order valence-electron chi connectivity index (χ0n) is 12.3. The largest absolute Gasteiger partial charge is 0.330 e. The Labute approximate surface area is 124 Å². The molecule has 0 saturated carbocycles. The Morgan fingerprint density at radius 2 is 2.00 bits per heavy atom. The van der Waals surface area contributed by atoms with Crippen LogP contribution in [0, 0.1) is 6.92 Å². The fraction of sp³-hybridized carbons (Fsp3) is 0.500. The van der Waals surface area contributed by atoms with Gasteiger partial charge in [-0.1, -0.05) is 29.8 Å². The molecule has 0 spiro atoms. The summed E-state index contributed by atoms with van der Waals surface area (Å²) in [6.45, 7) is 3.30. The minimum Gasteiger partial charge on any atom is -0.330 e. The highest BCUT2D eigenvalue weighted by Crippen LogP contribution is 2.24. The molecular formula is C16H21N3O2. The number of benzene rings is 1. The van der Waals surface area contributed by atoms with E-state index in [2.05, 4.69) is 0 Å². The maximum absolute atomic E-state index is 12.4. The van der Waals surface area contributed by atoms with Gasteiger partial charge in [0.15, 0.2) is 0 Å². The van der Waals surface area contributed by atoms with Crippen molar-refractivity contribution < 1.29 is 9.59 Å². The summed E-state index contributed by atoms with van der Waals surface area (Å²) in [5.74, 6) is 0.0999. The fourth-order valence-corrected chi connectivity index (χ4v) is 3.18. The maximum Gasteiger partial charge on any atom is 0.245 e. The quantitative estimate of drug-likeness (QED) is 0.895. The molecule has 112 valence electrons. The minimum atomic E-state index is -0.254. The van der Waals surface area contributed by atoms with Gasteiger partial charge in [0.05, 0.1) is 6.54 Å². The van der Waals surface area contributed by atoms with E-state index in [4.69, 9.17) is 5.73 Å². The molecule has 1 aromatic rings. The fourth-order valence-electron chi connectivity index (χ4n) is 3.18. The summed E-state index contributed by atoms with van der Waals surface area (Å²) >= 11 is 0. The van der Waals surface area contributed by atoms with Gasteiger partial charge in [0.25, 0.3) is 0 Å². The van der Waals surface area contributed by atoms with Crippen molar-refractivity contribution in [1.29, 1.82) is 0 Å². The second-order valence-electron chi connectivity index (χ2n) is 5.98. The van der Waals surface area contributed by atoms with Crippen molar-refractivity contribution in [3.8, 4) is 0 Å². The van der Waals surface area contributed by atoms with Crippen LogP contribution in [0.3, 0.4) is 0 Å². The lowest BCUT2D eigenvalue weighted by Gasteiger charge is -2.37. The number of hydrogen-bond donors (Lipinski definition) is 1. The zero-order valence-corrected chi connectivity index (χ0v) is 12.3. The molecule has 2 heterocycles. The van der Waals surface area contributed by atoms with Crippen molar-refractivity contribution in [3.05, 3.63) is 35.4 Å². The van der Waals surface area contributed by atoms with Crippen LogP contribution >= 0.6 is 0 Å². The molecule has 2 aliphatic heterocycles. The van der Waals surface area contributed by atoms with Crippen LogP contribution in [0.4, 0.5) is 0 Å². The van der Waals surface area contributed by atoms with Crippen LogP contribution in [-0.4, -0.2) is 47.3 Å². The third-order valence-electron chi connectivity index (χ3n) is 4.42. The van der Waals surface area contributed by atoms with Crippen LogP contribution in [0.1, 0.15) is 30.0 Å². The summed E-state index contributed by atoms with van der Waals surface area (Å²) in [7, 11) is 0. The molecule has 0 bridgehead atoms. The van der Waals surface area contributed by atoms with E-state index in [1.165, 1.54) is 5.56 Å². The first-order valence-corrected chi connectivity index (χ1v) is 7.46. The van der Waals surface area contributed by atoms with Crippen LogP contribution in [0.2, 0.25) is 0 Å². The predicted molar refractivity (Wildman–Crippen MR) is 79.4 cm³/mol. The number of rotatable bonds is 3. The van der Waals surface area contributed by atoms with Gasteiger partial charge in [-0.15, -0.1) is 0 Å². The van der Waals surface area contributed by atoms with Crippen LogP contribution in [0.15, 0.2) is 24.3 Å². The predicted octanol–water partition coefficient (Wildman–Crippen LogP) is 0.828. The van der Waals surface area contributed by atoms with Gasteiger partial charge in [0.1, 0.15) is 6.04 Å². The number of amides is 2. The number of nitrogens with two attached hydrogens (primary N) is 1. The molecule has 0 aliphatic carbocycles. The van der Waals surface area contributed by atoms with Gasteiger partial charge < -0.3 is 15.5 Å². The second kappa shape index (κ2) is 5.48. The SMILES string of the molecule is Cc1ccc(C(N)CN2CC(=O)N3CCCC3C2=O)cc1. The average Bonchev–Trinajstić information content (AvgIpc) is 2.95. The van der Waals surface area contributed by atoms with E-state index in [1.807, 2.05) is 31.2 Å². The Morgan fingerprint density at radius 1 is 1.29 bits per heavy atom. The second-order valence-corrected chi connectivity index (χ2v) is 5.98. The summed E-state index contributed by atoms with van der Waals surface area (Å²) in [5, 5.41) is 0. The number of piperazine rings is 1. The summed E-state index contributed by atoms with van der Waals surface area (Å²) in [4.78, 5) is 27.9. The van der Waals surface area contributed by atoms with Gasteiger partial charge in [-0.2, -0.15) is 0 Å². The molecule has 2 atom stereocenters. The molecule has 2 N–H and O–H groups in total. The third kappa shape index (κ3) is 2.65. The molecule has 0 radical (unpaired) electrons. The number of carbonyl (C=O) groups is 2. The number of nitrogens with zero attached hydrogens (tertiary/aromatic N) is 2. The number of fused-ring (bicyclic) bond motifs is 1. The Balaban J connectivity index is 1.70. The number of carbonyl (C=O) groups excluding carboxylic acids is 2. The minimum absolute atomic E-state index is 0.0493. The van der Waals surface area contributed by atoms with E-state index >= 15 is 0 Å². The van der Waals surface area contributed by atoms with E-state index in [1.54, 1.807) is 9.80 Å². The van der Waals surface area contributed by atoms with Crippen molar-refractivity contribution in [2.24, 2.45) is 5.73 Å². The summed E-state index contributed by atoms with van der Waals surface area (Å²) in [5.41, 5.74) is 8.37. The molecule has 5 heteroatoms. The van der Waals surface area contributed by atoms with Crippen LogP contribution in [0.25, 0.3) is 0 Å². The van der Waals surface area contributed by atoms with Gasteiger partial charge in [0.2, 0.25) is 11.8 Å². The molecule has 0 aromatic heterocycles. The molecule has 3 rings (SSSR count). The maximum atomic E-state index is 12.4. The molecule has 5 nitrogen and oxygen atoms in total. The van der Waals surface area contributed by atoms with Crippen molar-refractivity contribution in [2.75, 3.05) is 19.6 Å². The van der Waals surface area contributed by atoms with E-state index in [0.29, 0.717) is 13.1 Å². The van der Waals surface area contributed by atoms with Crippen LogP contribution in [-0.2, 0) is 9.59 Å². The Hall–Kier alpha value is -1.88. The standard InChI is InChI=1S/C16H21N3O2/c1-11-4-6-12(7-5-11)13(17)9-18-10-15(20)19-8-2-3-14(19)16(18)21/h4-7,13-14H,2-3,8-10,17H2,1H3. The van der Waals surface area contributed by atoms with E-state index in [0.717, 1.165) is 18.4 Å². The van der Waals surface area contributed by atoms with Gasteiger partial charge in [0, 0.05) is 19.1 Å². The first-order chi connectivity index (χ1) is 10.1. The lowest BCUT2D eigenvalue weighted by Crippen LogP contribution is -2.58. The highest BCUT2D eigenvalue weighted by Gasteiger charge is 2.42. The Kier molecular flexibility index (Phi) is 3.68. The molecule has 1 aromatic carbocycles. The Bertz CT molecular complexity index is 555. The van der Waals surface area contributed by atoms with Crippen molar-refractivity contribution in [3.63, 3.8) is 0 Å². The topological polar surface area (TPSA) is 66.6 Å². The third-order valence-corrected chi connectivity index (χ3v) is 4.42. The number of aryl methyl sites for hydroxylation is 1. The highest BCUT2D eigenvalue weighted by molar-refractivity contribution is 5.95. The van der Waals surface area contributed by atoms with Gasteiger partial charge in [-0.3, -0.25) is 9.59 Å². The van der Waals surface area contributed by atoms with Crippen LogP contribution in [0.5, 0.6) is 0 Å². The molecule has 2 aliphatic rings. The molecule has 2 unspecified atom stereocenters. The molecule has 2 fully saturated rings. The lowest BCUT2D eigenvalue weighted by atomic mass is 10.0. The highest BCUT2D eigenvalue weighted by atomic mass is 16.2. The average molecular weight is 287 g/mol. The monoisotopic (exact) mass is 287 g/mol. The molecule has 2 saturated heterocycles.